The van der Waals surface area contributed by atoms with Crippen molar-refractivity contribution in [2.24, 2.45) is 5.92 Å². The van der Waals surface area contributed by atoms with Gasteiger partial charge in [-0.2, -0.15) is 0 Å². The minimum atomic E-state index is -0.759. The maximum atomic E-state index is 12.5. The molecule has 1 aliphatic rings. The van der Waals surface area contributed by atoms with Crippen LogP contribution in [0.3, 0.4) is 0 Å². The van der Waals surface area contributed by atoms with E-state index in [-0.39, 0.29) is 23.3 Å². The number of esters is 1. The number of aromatic nitrogens is 2. The standard InChI is InChI=1S/C24H25N3O5/c28-21(26-12-10-18(11-13-26)14-17-6-2-1-3-7-17)16-32-22(29)15-27-24(31)20-9-5-4-8-19(20)23(30)25-27/h1-9,18H,10-16H2,(H,25,30). The van der Waals surface area contributed by atoms with Gasteiger partial charge in [-0.25, -0.2) is 4.68 Å². The molecule has 0 saturated carbocycles. The molecule has 3 aromatic rings. The molecule has 166 valence electrons. The van der Waals surface area contributed by atoms with Crippen LogP contribution in [-0.4, -0.2) is 46.3 Å². The summed E-state index contributed by atoms with van der Waals surface area (Å²) >= 11 is 0. The van der Waals surface area contributed by atoms with E-state index in [1.165, 1.54) is 11.6 Å². The first-order valence-corrected chi connectivity index (χ1v) is 10.7. The molecule has 1 aromatic heterocycles. The zero-order valence-corrected chi connectivity index (χ0v) is 17.7. The second-order valence-electron chi connectivity index (χ2n) is 8.05. The third-order valence-electron chi connectivity index (χ3n) is 5.86. The van der Waals surface area contributed by atoms with E-state index in [1.807, 2.05) is 18.2 Å². The van der Waals surface area contributed by atoms with Crippen molar-refractivity contribution in [3.05, 3.63) is 80.9 Å². The summed E-state index contributed by atoms with van der Waals surface area (Å²) in [4.78, 5) is 50.9. The molecule has 0 bridgehead atoms. The summed E-state index contributed by atoms with van der Waals surface area (Å²) in [5, 5.41) is 2.86. The third kappa shape index (κ3) is 4.96. The number of H-pyrrole nitrogens is 1. The molecule has 1 fully saturated rings. The summed E-state index contributed by atoms with van der Waals surface area (Å²) in [6.07, 6.45) is 2.81. The number of fused-ring (bicyclic) bond motifs is 1. The van der Waals surface area contributed by atoms with E-state index in [0.717, 1.165) is 23.9 Å². The zero-order valence-electron chi connectivity index (χ0n) is 17.7. The number of carbonyl (C=O) groups excluding carboxylic acids is 2. The average molecular weight is 435 g/mol. The van der Waals surface area contributed by atoms with Crippen LogP contribution in [0.15, 0.2) is 64.2 Å². The fourth-order valence-electron chi connectivity index (χ4n) is 4.10. The topological polar surface area (TPSA) is 101 Å². The Morgan fingerprint density at radius 3 is 2.31 bits per heavy atom. The first kappa shape index (κ1) is 21.5. The van der Waals surface area contributed by atoms with E-state index in [2.05, 4.69) is 17.2 Å². The maximum Gasteiger partial charge on any atom is 0.328 e. The first-order valence-electron chi connectivity index (χ1n) is 10.7. The predicted molar refractivity (Wildman–Crippen MR) is 119 cm³/mol. The van der Waals surface area contributed by atoms with Gasteiger partial charge < -0.3 is 9.64 Å². The molecule has 1 aliphatic heterocycles. The molecular weight excluding hydrogens is 410 g/mol. The van der Waals surface area contributed by atoms with E-state index in [9.17, 15) is 19.2 Å². The third-order valence-corrected chi connectivity index (χ3v) is 5.86. The van der Waals surface area contributed by atoms with E-state index < -0.39 is 23.6 Å². The van der Waals surface area contributed by atoms with Gasteiger partial charge in [0.05, 0.1) is 10.8 Å². The molecule has 4 rings (SSSR count). The van der Waals surface area contributed by atoms with Crippen molar-refractivity contribution in [1.82, 2.24) is 14.7 Å². The number of ether oxygens (including phenoxy) is 1. The molecule has 1 N–H and O–H groups in total. The van der Waals surface area contributed by atoms with Crippen molar-refractivity contribution in [1.29, 1.82) is 0 Å². The molecule has 0 aliphatic carbocycles. The predicted octanol–water partition coefficient (Wildman–Crippen LogP) is 1.71. The van der Waals surface area contributed by atoms with E-state index >= 15 is 0 Å². The normalized spacial score (nSPS) is 14.4. The van der Waals surface area contributed by atoms with Gasteiger partial charge in [-0.05, 0) is 42.9 Å². The fourth-order valence-corrected chi connectivity index (χ4v) is 4.10. The minimum Gasteiger partial charge on any atom is -0.454 e. The van der Waals surface area contributed by atoms with Crippen LogP contribution in [0.4, 0.5) is 0 Å². The quantitative estimate of drug-likeness (QED) is 0.594. The van der Waals surface area contributed by atoms with Crippen LogP contribution in [0.25, 0.3) is 10.8 Å². The summed E-state index contributed by atoms with van der Waals surface area (Å²) < 4.78 is 5.99. The molecule has 0 radical (unpaired) electrons. The smallest absolute Gasteiger partial charge is 0.328 e. The number of nitrogens with zero attached hydrogens (tertiary/aromatic N) is 2. The molecule has 1 saturated heterocycles. The highest BCUT2D eigenvalue weighted by atomic mass is 16.5. The molecule has 0 atom stereocenters. The average Bonchev–Trinajstić information content (AvgIpc) is 2.82. The Morgan fingerprint density at radius 2 is 1.59 bits per heavy atom. The highest BCUT2D eigenvalue weighted by molar-refractivity contribution is 5.82. The molecule has 2 aromatic carbocycles. The Balaban J connectivity index is 1.27. The van der Waals surface area contributed by atoms with Gasteiger partial charge in [-0.3, -0.25) is 24.3 Å². The van der Waals surface area contributed by atoms with E-state index in [1.54, 1.807) is 23.1 Å². The van der Waals surface area contributed by atoms with E-state index in [0.29, 0.717) is 19.0 Å². The molecule has 2 heterocycles. The van der Waals surface area contributed by atoms with Crippen LogP contribution < -0.4 is 11.1 Å². The Kier molecular flexibility index (Phi) is 6.49. The van der Waals surface area contributed by atoms with Gasteiger partial charge >= 0.3 is 5.97 Å². The number of amides is 1. The highest BCUT2D eigenvalue weighted by Gasteiger charge is 2.24. The molecular formula is C24H25N3O5. The van der Waals surface area contributed by atoms with Crippen LogP contribution in [0.2, 0.25) is 0 Å². The number of rotatable bonds is 6. The van der Waals surface area contributed by atoms with Crippen LogP contribution in [-0.2, 0) is 27.3 Å². The Hall–Kier alpha value is -3.68. The number of hydrogen-bond donors (Lipinski definition) is 1. The van der Waals surface area contributed by atoms with Gasteiger partial charge in [0.1, 0.15) is 6.54 Å². The number of likely N-dealkylation sites (tertiary alicyclic amines) is 1. The number of carbonyl (C=O) groups is 2. The van der Waals surface area contributed by atoms with E-state index in [4.69, 9.17) is 4.74 Å². The summed E-state index contributed by atoms with van der Waals surface area (Å²) in [7, 11) is 0. The van der Waals surface area contributed by atoms with Crippen LogP contribution >= 0.6 is 0 Å². The number of hydrogen-bond acceptors (Lipinski definition) is 5. The number of nitrogens with one attached hydrogen (secondary N) is 1. The molecule has 0 spiro atoms. The lowest BCUT2D eigenvalue weighted by Crippen LogP contribution is -2.41. The van der Waals surface area contributed by atoms with Crippen molar-refractivity contribution in [2.45, 2.75) is 25.8 Å². The van der Waals surface area contributed by atoms with Gasteiger partial charge in [0.15, 0.2) is 6.61 Å². The molecule has 8 heteroatoms. The Morgan fingerprint density at radius 1 is 0.938 bits per heavy atom. The lowest BCUT2D eigenvalue weighted by Gasteiger charge is -2.32. The zero-order chi connectivity index (χ0) is 22.5. The fraction of sp³-hybridized carbons (Fsp3) is 0.333. The van der Waals surface area contributed by atoms with Crippen molar-refractivity contribution in [3.8, 4) is 0 Å². The van der Waals surface area contributed by atoms with Gasteiger partial charge in [-0.15, -0.1) is 0 Å². The lowest BCUT2D eigenvalue weighted by molar-refractivity contribution is -0.153. The largest absolute Gasteiger partial charge is 0.454 e. The second kappa shape index (κ2) is 9.64. The van der Waals surface area contributed by atoms with Crippen molar-refractivity contribution >= 4 is 22.6 Å². The van der Waals surface area contributed by atoms with Gasteiger partial charge in [0.2, 0.25) is 0 Å². The molecule has 1 amide bonds. The summed E-state index contributed by atoms with van der Waals surface area (Å²) in [5.41, 5.74) is 0.333. The summed E-state index contributed by atoms with van der Waals surface area (Å²) in [6, 6.07) is 16.7. The molecule has 0 unspecified atom stereocenters. The van der Waals surface area contributed by atoms with Gasteiger partial charge in [0.25, 0.3) is 17.0 Å². The summed E-state index contributed by atoms with van der Waals surface area (Å²) in [6.45, 7) is 0.413. The number of piperidine rings is 1. The first-order chi connectivity index (χ1) is 15.5. The lowest BCUT2D eigenvalue weighted by atomic mass is 9.90. The SMILES string of the molecule is O=C(Cn1[nH]c(=O)c2ccccc2c1=O)OCC(=O)N1CCC(Cc2ccccc2)CC1. The van der Waals surface area contributed by atoms with Gasteiger partial charge in [-0.1, -0.05) is 42.5 Å². The monoisotopic (exact) mass is 435 g/mol. The Labute approximate surface area is 184 Å². The number of aromatic amines is 1. The van der Waals surface area contributed by atoms with Crippen LogP contribution in [0.5, 0.6) is 0 Å². The molecule has 32 heavy (non-hydrogen) atoms. The second-order valence-corrected chi connectivity index (χ2v) is 8.05. The van der Waals surface area contributed by atoms with Crippen molar-refractivity contribution in [2.75, 3.05) is 19.7 Å². The number of benzene rings is 2. The highest BCUT2D eigenvalue weighted by Crippen LogP contribution is 2.21. The molecule has 8 nitrogen and oxygen atoms in total. The summed E-state index contributed by atoms with van der Waals surface area (Å²) in [5.74, 6) is -0.484. The van der Waals surface area contributed by atoms with Crippen molar-refractivity contribution < 1.29 is 14.3 Å². The maximum absolute atomic E-state index is 12.5. The van der Waals surface area contributed by atoms with Crippen molar-refractivity contribution in [3.63, 3.8) is 0 Å². The van der Waals surface area contributed by atoms with Gasteiger partial charge in [0, 0.05) is 13.1 Å². The van der Waals surface area contributed by atoms with Crippen LogP contribution in [0, 0.1) is 5.92 Å². The minimum absolute atomic E-state index is 0.221. The Bertz CT molecular complexity index is 1220. The van der Waals surface area contributed by atoms with Crippen LogP contribution in [0.1, 0.15) is 18.4 Å².